The molecule has 0 aliphatic heterocycles. The van der Waals surface area contributed by atoms with Crippen LogP contribution in [0.15, 0.2) is 64.6 Å². The number of rotatable bonds is 6. The van der Waals surface area contributed by atoms with Gasteiger partial charge in [0.2, 0.25) is 0 Å². The predicted octanol–water partition coefficient (Wildman–Crippen LogP) is 4.78. The van der Waals surface area contributed by atoms with Gasteiger partial charge >= 0.3 is 0 Å². The fourth-order valence-electron chi connectivity index (χ4n) is 2.18. The summed E-state index contributed by atoms with van der Waals surface area (Å²) in [7, 11) is 0. The molecule has 1 N–H and O–H groups in total. The highest BCUT2D eigenvalue weighted by Gasteiger charge is 2.14. The first-order valence-electron chi connectivity index (χ1n) is 7.39. The number of benzene rings is 2. The molecule has 6 heteroatoms. The lowest BCUT2D eigenvalue weighted by molar-refractivity contribution is 0.102. The summed E-state index contributed by atoms with van der Waals surface area (Å²) in [6.07, 6.45) is 2.43. The van der Waals surface area contributed by atoms with Crippen molar-refractivity contribution in [1.29, 1.82) is 0 Å². The van der Waals surface area contributed by atoms with Crippen molar-refractivity contribution >= 4 is 38.3 Å². The quantitative estimate of drug-likeness (QED) is 0.645. The van der Waals surface area contributed by atoms with Gasteiger partial charge in [-0.1, -0.05) is 46.3 Å². The van der Waals surface area contributed by atoms with E-state index in [2.05, 4.69) is 38.4 Å². The third-order valence-electron chi connectivity index (χ3n) is 3.33. The lowest BCUT2D eigenvalue weighted by Crippen LogP contribution is -2.14. The number of hydrogen-bond acceptors (Lipinski definition) is 4. The summed E-state index contributed by atoms with van der Waals surface area (Å²) in [4.78, 5) is 16.5. The summed E-state index contributed by atoms with van der Waals surface area (Å²) in [5, 5.41) is 5.16. The first kappa shape index (κ1) is 16.7. The number of amides is 1. The minimum absolute atomic E-state index is 0.235. The number of aromatic nitrogens is 1. The van der Waals surface area contributed by atoms with Gasteiger partial charge in [-0.2, -0.15) is 0 Å². The van der Waals surface area contributed by atoms with Crippen LogP contribution in [0.2, 0.25) is 0 Å². The molecule has 0 fully saturated rings. The van der Waals surface area contributed by atoms with Gasteiger partial charge in [0.25, 0.3) is 5.91 Å². The Morgan fingerprint density at radius 1 is 1.21 bits per heavy atom. The number of hydrogen-bond donors (Lipinski definition) is 1. The molecular weight excluding hydrogens is 388 g/mol. The van der Waals surface area contributed by atoms with Gasteiger partial charge in [0.1, 0.15) is 5.75 Å². The van der Waals surface area contributed by atoms with Crippen LogP contribution < -0.4 is 10.1 Å². The second-order valence-corrected chi connectivity index (χ2v) is 6.83. The van der Waals surface area contributed by atoms with E-state index in [0.29, 0.717) is 23.1 Å². The van der Waals surface area contributed by atoms with Crippen LogP contribution in [0.5, 0.6) is 5.75 Å². The van der Waals surface area contributed by atoms with Gasteiger partial charge in [-0.05, 0) is 23.8 Å². The molecule has 0 saturated carbocycles. The second-order valence-electron chi connectivity index (χ2n) is 5.02. The van der Waals surface area contributed by atoms with E-state index in [1.165, 1.54) is 16.9 Å². The molecule has 1 amide bonds. The highest BCUT2D eigenvalue weighted by Crippen LogP contribution is 2.25. The molecule has 1 aromatic heterocycles. The standard InChI is InChI=1S/C18H15BrN2O2S/c19-14-6-7-16(23-10-8-13-4-2-1-3-5-13)15(12-14)17(22)21-18-20-9-11-24-18/h1-7,9,11-12H,8,10H2,(H,20,21,22). The lowest BCUT2D eigenvalue weighted by atomic mass is 10.1. The van der Waals surface area contributed by atoms with Crippen molar-refractivity contribution < 1.29 is 9.53 Å². The third kappa shape index (κ3) is 4.43. The van der Waals surface area contributed by atoms with E-state index in [1.54, 1.807) is 18.3 Å². The molecule has 0 aliphatic carbocycles. The van der Waals surface area contributed by atoms with Gasteiger partial charge < -0.3 is 4.74 Å². The van der Waals surface area contributed by atoms with Crippen LogP contribution in [0, 0.1) is 0 Å². The summed E-state index contributed by atoms with van der Waals surface area (Å²) >= 11 is 4.77. The number of nitrogens with one attached hydrogen (secondary N) is 1. The average Bonchev–Trinajstić information content (AvgIpc) is 3.10. The number of nitrogens with zero attached hydrogens (tertiary/aromatic N) is 1. The number of carbonyl (C=O) groups excluding carboxylic acids is 1. The summed E-state index contributed by atoms with van der Waals surface area (Å²) in [5.74, 6) is 0.323. The molecule has 1 heterocycles. The van der Waals surface area contributed by atoms with Gasteiger partial charge in [-0.3, -0.25) is 10.1 Å². The summed E-state index contributed by atoms with van der Waals surface area (Å²) in [6, 6.07) is 15.5. The Kier molecular flexibility index (Phi) is 5.61. The maximum absolute atomic E-state index is 12.5. The Bertz CT molecular complexity index is 807. The Morgan fingerprint density at radius 3 is 2.79 bits per heavy atom. The monoisotopic (exact) mass is 402 g/mol. The number of thiazole rings is 1. The van der Waals surface area contributed by atoms with Crippen molar-refractivity contribution in [2.24, 2.45) is 0 Å². The highest BCUT2D eigenvalue weighted by atomic mass is 79.9. The molecule has 0 unspecified atom stereocenters. The van der Waals surface area contributed by atoms with Crippen LogP contribution in [0.4, 0.5) is 5.13 Å². The van der Waals surface area contributed by atoms with Gasteiger partial charge in [-0.25, -0.2) is 4.98 Å². The van der Waals surface area contributed by atoms with Crippen LogP contribution in [0.1, 0.15) is 15.9 Å². The zero-order valence-electron chi connectivity index (χ0n) is 12.7. The van der Waals surface area contributed by atoms with Crippen molar-refractivity contribution in [3.05, 3.63) is 75.7 Å². The lowest BCUT2D eigenvalue weighted by Gasteiger charge is -2.11. The fourth-order valence-corrected chi connectivity index (χ4v) is 3.06. The van der Waals surface area contributed by atoms with Crippen molar-refractivity contribution in [1.82, 2.24) is 4.98 Å². The maximum Gasteiger partial charge on any atom is 0.261 e. The maximum atomic E-state index is 12.5. The smallest absolute Gasteiger partial charge is 0.261 e. The Hall–Kier alpha value is -2.18. The van der Waals surface area contributed by atoms with E-state index in [1.807, 2.05) is 29.6 Å². The topological polar surface area (TPSA) is 51.2 Å². The molecule has 24 heavy (non-hydrogen) atoms. The molecule has 0 saturated heterocycles. The number of carbonyl (C=O) groups is 1. The molecule has 3 aromatic rings. The molecular formula is C18H15BrN2O2S. The molecule has 0 bridgehead atoms. The fraction of sp³-hybridized carbons (Fsp3) is 0.111. The molecule has 0 aliphatic rings. The zero-order chi connectivity index (χ0) is 16.8. The first-order valence-corrected chi connectivity index (χ1v) is 9.07. The van der Waals surface area contributed by atoms with Crippen molar-refractivity contribution in [2.45, 2.75) is 6.42 Å². The molecule has 122 valence electrons. The second kappa shape index (κ2) is 8.08. The number of anilines is 1. The van der Waals surface area contributed by atoms with Gasteiger partial charge in [0.15, 0.2) is 5.13 Å². The van der Waals surface area contributed by atoms with E-state index in [0.717, 1.165) is 10.9 Å². The Morgan fingerprint density at radius 2 is 2.04 bits per heavy atom. The summed E-state index contributed by atoms with van der Waals surface area (Å²) in [5.41, 5.74) is 1.68. The van der Waals surface area contributed by atoms with E-state index < -0.39 is 0 Å². The largest absolute Gasteiger partial charge is 0.492 e. The molecule has 0 atom stereocenters. The summed E-state index contributed by atoms with van der Waals surface area (Å²) < 4.78 is 6.66. The normalized spacial score (nSPS) is 10.4. The third-order valence-corrected chi connectivity index (χ3v) is 4.51. The Labute approximate surface area is 152 Å². The van der Waals surface area contributed by atoms with E-state index in [4.69, 9.17) is 4.74 Å². The minimum Gasteiger partial charge on any atom is -0.492 e. The van der Waals surface area contributed by atoms with Gasteiger partial charge in [-0.15, -0.1) is 11.3 Å². The molecule has 3 rings (SSSR count). The van der Waals surface area contributed by atoms with E-state index in [-0.39, 0.29) is 5.91 Å². The number of halogens is 1. The van der Waals surface area contributed by atoms with Crippen molar-refractivity contribution in [2.75, 3.05) is 11.9 Å². The minimum atomic E-state index is -0.235. The van der Waals surface area contributed by atoms with Crippen molar-refractivity contribution in [3.63, 3.8) is 0 Å². The predicted molar refractivity (Wildman–Crippen MR) is 99.9 cm³/mol. The molecule has 0 radical (unpaired) electrons. The van der Waals surface area contributed by atoms with Crippen LogP contribution in [-0.4, -0.2) is 17.5 Å². The van der Waals surface area contributed by atoms with Crippen LogP contribution >= 0.6 is 27.3 Å². The van der Waals surface area contributed by atoms with Crippen LogP contribution in [0.25, 0.3) is 0 Å². The van der Waals surface area contributed by atoms with Crippen molar-refractivity contribution in [3.8, 4) is 5.75 Å². The summed E-state index contributed by atoms with van der Waals surface area (Å²) in [6.45, 7) is 0.503. The Balaban J connectivity index is 1.69. The number of ether oxygens (including phenoxy) is 1. The van der Waals surface area contributed by atoms with Gasteiger partial charge in [0.05, 0.1) is 12.2 Å². The highest BCUT2D eigenvalue weighted by molar-refractivity contribution is 9.10. The van der Waals surface area contributed by atoms with E-state index in [9.17, 15) is 4.79 Å². The SMILES string of the molecule is O=C(Nc1nccs1)c1cc(Br)ccc1OCCc1ccccc1. The average molecular weight is 403 g/mol. The zero-order valence-corrected chi connectivity index (χ0v) is 15.1. The molecule has 0 spiro atoms. The first-order chi connectivity index (χ1) is 11.7. The van der Waals surface area contributed by atoms with E-state index >= 15 is 0 Å². The van der Waals surface area contributed by atoms with Crippen LogP contribution in [-0.2, 0) is 6.42 Å². The van der Waals surface area contributed by atoms with Crippen LogP contribution in [0.3, 0.4) is 0 Å². The molecule has 2 aromatic carbocycles. The van der Waals surface area contributed by atoms with Gasteiger partial charge in [0, 0.05) is 22.5 Å². The molecule has 4 nitrogen and oxygen atoms in total.